The summed E-state index contributed by atoms with van der Waals surface area (Å²) in [6.45, 7) is 28.8. The summed E-state index contributed by atoms with van der Waals surface area (Å²) in [6, 6.07) is 8.90. The Bertz CT molecular complexity index is 2160. The van der Waals surface area contributed by atoms with E-state index in [0.29, 0.717) is 121 Å². The molecule has 0 amide bonds. The second-order valence-corrected chi connectivity index (χ2v) is 20.2. The number of phenolic OH excluding ortho intramolecular Hbond substituents is 4. The number of aromatic hydroxyl groups is 4. The van der Waals surface area contributed by atoms with Crippen LogP contribution in [0.25, 0.3) is 0 Å². The van der Waals surface area contributed by atoms with Crippen LogP contribution < -0.4 is 18.9 Å². The second kappa shape index (κ2) is 16.5. The molecule has 4 N–H and O–H groups in total. The predicted octanol–water partition coefficient (Wildman–Crippen LogP) is 9.67. The fraction of sp³-hybridized carbons (Fsp3) is 0.538. The minimum Gasteiger partial charge on any atom is -0.507 e. The Labute approximate surface area is 378 Å². The van der Waals surface area contributed by atoms with Gasteiger partial charge in [-0.15, -0.1) is 0 Å². The number of rotatable bonds is 4. The lowest BCUT2D eigenvalue weighted by Gasteiger charge is -2.38. The Kier molecular flexibility index (Phi) is 11.4. The van der Waals surface area contributed by atoms with E-state index in [1.54, 1.807) is 0 Å². The van der Waals surface area contributed by atoms with E-state index in [-0.39, 0.29) is 47.2 Å². The van der Waals surface area contributed by atoms with Crippen molar-refractivity contribution < 1.29 is 39.4 Å². The van der Waals surface area contributed by atoms with Crippen molar-refractivity contribution in [3.8, 4) is 46.0 Å². The Morgan fingerprint density at radius 3 is 0.719 bits per heavy atom. The van der Waals surface area contributed by atoms with Crippen LogP contribution in [0.5, 0.6) is 46.0 Å². The summed E-state index contributed by atoms with van der Waals surface area (Å²) in [5, 5.41) is 50.2. The van der Waals surface area contributed by atoms with Crippen LogP contribution in [0.1, 0.15) is 174 Å². The molecule has 5 aliphatic rings. The van der Waals surface area contributed by atoms with Gasteiger partial charge in [-0.2, -0.15) is 0 Å². The second-order valence-electron chi connectivity index (χ2n) is 20.2. The van der Waals surface area contributed by atoms with Crippen LogP contribution in [-0.2, 0) is 26.2 Å². The van der Waals surface area contributed by atoms with Gasteiger partial charge in [0.2, 0.25) is 0 Å². The van der Waals surface area contributed by atoms with Gasteiger partial charge in [0, 0.05) is 119 Å². The molecule has 0 fully saturated rings. The zero-order valence-electron chi connectivity index (χ0n) is 39.8. The summed E-state index contributed by atoms with van der Waals surface area (Å²) in [5.74, 6) is 1.61. The van der Waals surface area contributed by atoms with Gasteiger partial charge in [0.25, 0.3) is 0 Å². The molecule has 12 heteroatoms. The first-order valence-electron chi connectivity index (χ1n) is 23.4. The van der Waals surface area contributed by atoms with Gasteiger partial charge in [-0.3, -0.25) is 19.6 Å². The van der Waals surface area contributed by atoms with Crippen LogP contribution in [0.15, 0.2) is 24.3 Å². The molecule has 0 unspecified atom stereocenters. The highest BCUT2D eigenvalue weighted by molar-refractivity contribution is 5.68. The van der Waals surface area contributed by atoms with Crippen molar-refractivity contribution in [3.63, 3.8) is 0 Å². The maximum atomic E-state index is 12.6. The van der Waals surface area contributed by atoms with Gasteiger partial charge >= 0.3 is 0 Å². The third-order valence-corrected chi connectivity index (χ3v) is 15.2. The summed E-state index contributed by atoms with van der Waals surface area (Å²) in [6.07, 6.45) is 0. The Morgan fingerprint density at radius 2 is 0.547 bits per heavy atom. The summed E-state index contributed by atoms with van der Waals surface area (Å²) in [4.78, 5) is 8.78. The minimum absolute atomic E-state index is 0.167. The van der Waals surface area contributed by atoms with Gasteiger partial charge in [0.1, 0.15) is 72.9 Å². The predicted molar refractivity (Wildman–Crippen MR) is 247 cm³/mol. The summed E-state index contributed by atoms with van der Waals surface area (Å²) in [5.41, 5.74) is 9.11. The summed E-state index contributed by atoms with van der Waals surface area (Å²) in [7, 11) is 0. The van der Waals surface area contributed by atoms with Gasteiger partial charge < -0.3 is 39.4 Å². The lowest BCUT2D eigenvalue weighted by molar-refractivity contribution is 0.0653. The number of benzene rings is 4. The van der Waals surface area contributed by atoms with Crippen LogP contribution in [0.2, 0.25) is 0 Å². The number of fused-ring (bicyclic) bond motifs is 16. The van der Waals surface area contributed by atoms with Gasteiger partial charge in [0.15, 0.2) is 0 Å². The fourth-order valence-corrected chi connectivity index (χ4v) is 10.5. The Morgan fingerprint density at radius 1 is 0.359 bits per heavy atom. The molecular weight excluding hydrogens is 809 g/mol. The average molecular weight is 877 g/mol. The van der Waals surface area contributed by atoms with E-state index in [4.69, 9.17) is 18.9 Å². The Balaban J connectivity index is 1.38. The molecular formula is C52H68N4O8. The molecule has 0 saturated heterocycles. The molecule has 0 radical (unpaired) electrons. The van der Waals surface area contributed by atoms with E-state index < -0.39 is 23.7 Å². The number of nitrogens with zero attached hydrogens (tertiary/aromatic N) is 4. The van der Waals surface area contributed by atoms with E-state index in [2.05, 4.69) is 127 Å². The molecule has 12 nitrogen and oxygen atoms in total. The summed E-state index contributed by atoms with van der Waals surface area (Å²) < 4.78 is 26.6. The molecule has 9 rings (SSSR count). The van der Waals surface area contributed by atoms with E-state index >= 15 is 0 Å². The first-order valence-corrected chi connectivity index (χ1v) is 23.4. The van der Waals surface area contributed by atoms with Gasteiger partial charge in [-0.1, -0.05) is 27.7 Å². The van der Waals surface area contributed by atoms with Crippen LogP contribution in [0.3, 0.4) is 0 Å². The number of ether oxygens (including phenoxy) is 4. The SMILES string of the molecule is CC(C)N1COc2c3cc(c(O)c2C1)[C@@H](C)c1cc(c(O)c2c1OCN(C(C)C)C2)[C@@H](C)c1cc(c(O)c2c1OCN(C(C)C)C2)[C@H](C)c1cc(c(O)c2c1OCN(C(C)C)C2)[C@H]3C. The van der Waals surface area contributed by atoms with Crippen molar-refractivity contribution in [1.29, 1.82) is 0 Å². The van der Waals surface area contributed by atoms with Crippen molar-refractivity contribution in [2.75, 3.05) is 26.9 Å². The van der Waals surface area contributed by atoms with E-state index in [0.717, 1.165) is 22.3 Å². The molecule has 0 spiro atoms. The van der Waals surface area contributed by atoms with E-state index in [1.165, 1.54) is 0 Å². The molecule has 4 aliphatic heterocycles. The fourth-order valence-electron chi connectivity index (χ4n) is 10.5. The third-order valence-electron chi connectivity index (χ3n) is 15.2. The standard InChI is InChI=1S/C52H68N4O8/c1-25(2)53-17-41-45(57)33-13-37(49(41)61-21-53)30(10)34-14-39(51-42(46(34)58)18-54(23-63-51)26(3)4)32(12)36-16-40(52-44(48(36)60)20-56(24-64-52)28(7)8)31(11)35-15-38(29(33)9)50-43(47(35)59)19-55(22-62-50)27(5)6/h13-16,25-32,57-60H,17-24H2,1-12H3/t29-,30-,31-,32+/m1/s1. The Hall–Kier alpha value is -4.88. The first kappa shape index (κ1) is 44.3. The van der Waals surface area contributed by atoms with Gasteiger partial charge in [0.05, 0.1) is 22.3 Å². The lowest BCUT2D eigenvalue weighted by Crippen LogP contribution is -2.38. The maximum Gasteiger partial charge on any atom is 0.142 e. The molecule has 4 aromatic carbocycles. The molecule has 1 aliphatic carbocycles. The molecule has 8 bridgehead atoms. The first-order chi connectivity index (χ1) is 30.4. The van der Waals surface area contributed by atoms with Gasteiger partial charge in [-0.25, -0.2) is 0 Å². The molecule has 4 heterocycles. The number of hydrogen-bond acceptors (Lipinski definition) is 12. The third kappa shape index (κ3) is 7.11. The van der Waals surface area contributed by atoms with Crippen molar-refractivity contribution >= 4 is 0 Å². The van der Waals surface area contributed by atoms with E-state index in [1.807, 2.05) is 0 Å². The van der Waals surface area contributed by atoms with Crippen LogP contribution in [0, 0.1) is 0 Å². The molecule has 4 aromatic rings. The van der Waals surface area contributed by atoms with Crippen molar-refractivity contribution in [2.24, 2.45) is 0 Å². The smallest absolute Gasteiger partial charge is 0.142 e. The van der Waals surface area contributed by atoms with Crippen LogP contribution >= 0.6 is 0 Å². The highest BCUT2D eigenvalue weighted by Gasteiger charge is 2.39. The lowest BCUT2D eigenvalue weighted by atomic mass is 9.78. The topological polar surface area (TPSA) is 131 Å². The molecule has 4 atom stereocenters. The molecule has 64 heavy (non-hydrogen) atoms. The highest BCUT2D eigenvalue weighted by Crippen LogP contribution is 2.55. The number of phenols is 4. The normalized spacial score (nSPS) is 22.6. The van der Waals surface area contributed by atoms with Crippen LogP contribution in [0.4, 0.5) is 0 Å². The molecule has 0 saturated carbocycles. The molecule has 344 valence electrons. The molecule has 0 aromatic heterocycles. The van der Waals surface area contributed by atoms with E-state index in [9.17, 15) is 20.4 Å². The largest absolute Gasteiger partial charge is 0.507 e. The average Bonchev–Trinajstić information content (AvgIpc) is 3.28. The monoisotopic (exact) mass is 877 g/mol. The number of hydrogen-bond donors (Lipinski definition) is 4. The highest BCUT2D eigenvalue weighted by atomic mass is 16.5. The van der Waals surface area contributed by atoms with Gasteiger partial charge in [-0.05, 0) is 79.7 Å². The minimum atomic E-state index is -0.398. The van der Waals surface area contributed by atoms with Crippen molar-refractivity contribution in [2.45, 2.75) is 157 Å². The quantitative estimate of drug-likeness (QED) is 0.156. The zero-order valence-corrected chi connectivity index (χ0v) is 39.8. The van der Waals surface area contributed by atoms with Crippen molar-refractivity contribution in [3.05, 3.63) is 91.0 Å². The van der Waals surface area contributed by atoms with Crippen LogP contribution in [-0.4, -0.2) is 91.1 Å². The van der Waals surface area contributed by atoms with Crippen molar-refractivity contribution in [1.82, 2.24) is 19.6 Å². The zero-order chi connectivity index (χ0) is 45.8. The summed E-state index contributed by atoms with van der Waals surface area (Å²) >= 11 is 0. The maximum absolute atomic E-state index is 12.6.